The standard InChI is InChI=1S/C18H14ClF3N8O2S/c1-30-6-8-14(26-7-27-15(8)29-30)17(32)25-5-13-24-4-11(33-13)16(31)28-12-2-9(18(20,21)22)10(19)3-23-12/h2-4,7H,5-6H2,1H3,(H,25,32)(H,23,28,31)(H,26,27,29). The van der Waals surface area contributed by atoms with Gasteiger partial charge in [-0.05, 0) is 6.07 Å². The molecule has 0 saturated heterocycles. The summed E-state index contributed by atoms with van der Waals surface area (Å²) in [5.41, 5.74) is 2.76. The average molecular weight is 499 g/mol. The third-order valence-electron chi connectivity index (χ3n) is 4.43. The Morgan fingerprint density at radius 3 is 2.76 bits per heavy atom. The van der Waals surface area contributed by atoms with Crippen LogP contribution in [0.4, 0.5) is 24.8 Å². The molecule has 0 aliphatic carbocycles. The molecule has 15 heteroatoms. The fraction of sp³-hybridized carbons (Fsp3) is 0.222. The minimum atomic E-state index is -4.69. The maximum absolute atomic E-state index is 13.0. The number of hydrogen-bond donors (Lipinski definition) is 3. The first kappa shape index (κ1) is 22.8. The van der Waals surface area contributed by atoms with E-state index in [2.05, 4.69) is 36.0 Å². The van der Waals surface area contributed by atoms with E-state index in [0.717, 1.165) is 17.5 Å². The van der Waals surface area contributed by atoms with Gasteiger partial charge < -0.3 is 16.1 Å². The first-order chi connectivity index (χ1) is 15.6. The highest BCUT2D eigenvalue weighted by Gasteiger charge is 2.34. The molecule has 33 heavy (non-hydrogen) atoms. The minimum absolute atomic E-state index is 0.0240. The van der Waals surface area contributed by atoms with E-state index < -0.39 is 28.6 Å². The Balaban J connectivity index is 1.39. The normalized spacial score (nSPS) is 13.4. The van der Waals surface area contributed by atoms with E-state index in [-0.39, 0.29) is 22.9 Å². The lowest BCUT2D eigenvalue weighted by molar-refractivity contribution is -0.137. The van der Waals surface area contributed by atoms with Crippen LogP contribution in [0.3, 0.4) is 0 Å². The number of nitrogens with zero attached hydrogens (tertiary/aromatic N) is 5. The van der Waals surface area contributed by atoms with Crippen LogP contribution in [0, 0.1) is 0 Å². The predicted molar refractivity (Wildman–Crippen MR) is 113 cm³/mol. The second kappa shape index (κ2) is 8.88. The molecule has 2 amide bonds. The number of alkyl halides is 3. The molecule has 1 aliphatic rings. The van der Waals surface area contributed by atoms with Gasteiger partial charge in [-0.2, -0.15) is 13.2 Å². The van der Waals surface area contributed by atoms with Crippen LogP contribution >= 0.6 is 22.9 Å². The molecule has 0 unspecified atom stereocenters. The second-order valence-electron chi connectivity index (χ2n) is 6.82. The maximum Gasteiger partial charge on any atom is 0.418 e. The zero-order valence-electron chi connectivity index (χ0n) is 16.7. The van der Waals surface area contributed by atoms with Gasteiger partial charge in [0, 0.05) is 25.4 Å². The van der Waals surface area contributed by atoms with Crippen LogP contribution in [0.25, 0.3) is 0 Å². The van der Waals surface area contributed by atoms with Crippen molar-refractivity contribution in [3.05, 3.63) is 56.5 Å². The number of fused-ring (bicyclic) bond motifs is 1. The van der Waals surface area contributed by atoms with Crippen LogP contribution in [-0.4, -0.2) is 43.8 Å². The highest BCUT2D eigenvalue weighted by atomic mass is 35.5. The Kier molecular flexibility index (Phi) is 6.14. The van der Waals surface area contributed by atoms with Crippen molar-refractivity contribution >= 4 is 46.4 Å². The lowest BCUT2D eigenvalue weighted by Gasteiger charge is -2.10. The Morgan fingerprint density at radius 2 is 2.00 bits per heavy atom. The van der Waals surface area contributed by atoms with Crippen molar-refractivity contribution in [2.75, 3.05) is 17.8 Å². The summed E-state index contributed by atoms with van der Waals surface area (Å²) < 4.78 is 38.9. The summed E-state index contributed by atoms with van der Waals surface area (Å²) in [7, 11) is 1.80. The molecule has 4 heterocycles. The zero-order valence-corrected chi connectivity index (χ0v) is 18.3. The monoisotopic (exact) mass is 498 g/mol. The predicted octanol–water partition coefficient (Wildman–Crippen LogP) is 2.95. The van der Waals surface area contributed by atoms with Crippen LogP contribution in [0.5, 0.6) is 0 Å². The molecule has 3 aromatic heterocycles. The first-order valence-electron chi connectivity index (χ1n) is 9.20. The van der Waals surface area contributed by atoms with Crippen LogP contribution in [0.1, 0.15) is 36.3 Å². The quantitative estimate of drug-likeness (QED) is 0.490. The number of anilines is 2. The summed E-state index contributed by atoms with van der Waals surface area (Å²) in [5.74, 6) is -0.890. The van der Waals surface area contributed by atoms with Gasteiger partial charge in [-0.1, -0.05) is 11.6 Å². The summed E-state index contributed by atoms with van der Waals surface area (Å²) in [6, 6.07) is 0.648. The van der Waals surface area contributed by atoms with Crippen LogP contribution in [0.2, 0.25) is 5.02 Å². The van der Waals surface area contributed by atoms with Gasteiger partial charge in [-0.15, -0.1) is 11.3 Å². The second-order valence-corrected chi connectivity index (χ2v) is 8.34. The van der Waals surface area contributed by atoms with E-state index in [9.17, 15) is 22.8 Å². The van der Waals surface area contributed by atoms with E-state index in [1.807, 2.05) is 0 Å². The Morgan fingerprint density at radius 1 is 1.21 bits per heavy atom. The molecule has 172 valence electrons. The van der Waals surface area contributed by atoms with Crippen molar-refractivity contribution in [2.45, 2.75) is 19.3 Å². The molecule has 0 bridgehead atoms. The lowest BCUT2D eigenvalue weighted by atomic mass is 10.2. The molecule has 0 spiro atoms. The van der Waals surface area contributed by atoms with Gasteiger partial charge in [0.15, 0.2) is 0 Å². The largest absolute Gasteiger partial charge is 0.418 e. The molecular formula is C18H14ClF3N8O2S. The number of carbonyl (C=O) groups excluding carboxylic acids is 2. The van der Waals surface area contributed by atoms with E-state index in [4.69, 9.17) is 11.6 Å². The molecule has 0 radical (unpaired) electrons. The molecule has 0 atom stereocenters. The molecule has 0 aromatic carbocycles. The Hall–Kier alpha value is -3.36. The van der Waals surface area contributed by atoms with Crippen molar-refractivity contribution in [1.82, 2.24) is 30.3 Å². The van der Waals surface area contributed by atoms with Crippen molar-refractivity contribution in [3.8, 4) is 0 Å². The number of carbonyl (C=O) groups is 2. The SMILES string of the molecule is CN1Cc2c(ncnc2C(=O)NCc2ncc(C(=O)Nc3cc(C(F)(F)F)c(Cl)cn3)s2)N1. The molecule has 10 nitrogen and oxygen atoms in total. The topological polar surface area (TPSA) is 125 Å². The fourth-order valence-electron chi connectivity index (χ4n) is 2.95. The summed E-state index contributed by atoms with van der Waals surface area (Å²) in [4.78, 5) is 40.9. The van der Waals surface area contributed by atoms with Crippen molar-refractivity contribution in [3.63, 3.8) is 0 Å². The third kappa shape index (κ3) is 5.02. The average Bonchev–Trinajstić information content (AvgIpc) is 3.38. The smallest absolute Gasteiger partial charge is 0.344 e. The van der Waals surface area contributed by atoms with Gasteiger partial charge in [0.25, 0.3) is 11.8 Å². The number of hydrogen-bond acceptors (Lipinski definition) is 9. The van der Waals surface area contributed by atoms with Crippen LogP contribution in [0.15, 0.2) is 24.8 Å². The number of thiazole rings is 1. The molecule has 4 rings (SSSR count). The number of pyridine rings is 1. The molecule has 3 aromatic rings. The fourth-order valence-corrected chi connectivity index (χ4v) is 3.91. The number of amides is 2. The van der Waals surface area contributed by atoms with Gasteiger partial charge in [0.1, 0.15) is 33.5 Å². The third-order valence-corrected chi connectivity index (χ3v) is 5.73. The molecule has 1 aliphatic heterocycles. The van der Waals surface area contributed by atoms with E-state index in [0.29, 0.717) is 29.0 Å². The van der Waals surface area contributed by atoms with Gasteiger partial charge in [0.2, 0.25) is 0 Å². The summed E-state index contributed by atoms with van der Waals surface area (Å²) in [5, 5.41) is 6.56. The summed E-state index contributed by atoms with van der Waals surface area (Å²) >= 11 is 6.50. The zero-order chi connectivity index (χ0) is 23.8. The van der Waals surface area contributed by atoms with Crippen LogP contribution in [-0.2, 0) is 19.3 Å². The van der Waals surface area contributed by atoms with Crippen molar-refractivity contribution in [2.24, 2.45) is 0 Å². The van der Waals surface area contributed by atoms with Gasteiger partial charge in [-0.25, -0.2) is 24.9 Å². The number of rotatable bonds is 5. The number of halogens is 4. The summed E-state index contributed by atoms with van der Waals surface area (Å²) in [6.07, 6.45) is -1.35. The molecule has 3 N–H and O–H groups in total. The Labute approximate surface area is 193 Å². The number of aromatic nitrogens is 4. The van der Waals surface area contributed by atoms with Crippen molar-refractivity contribution < 1.29 is 22.8 Å². The maximum atomic E-state index is 13.0. The van der Waals surface area contributed by atoms with E-state index >= 15 is 0 Å². The first-order valence-corrected chi connectivity index (χ1v) is 10.4. The van der Waals surface area contributed by atoms with E-state index in [1.165, 1.54) is 12.5 Å². The number of hydrazine groups is 1. The van der Waals surface area contributed by atoms with Crippen molar-refractivity contribution in [1.29, 1.82) is 0 Å². The van der Waals surface area contributed by atoms with Crippen LogP contribution < -0.4 is 16.1 Å². The Bertz CT molecular complexity index is 1240. The van der Waals surface area contributed by atoms with Gasteiger partial charge >= 0.3 is 6.18 Å². The summed E-state index contributed by atoms with van der Waals surface area (Å²) in [6.45, 7) is 0.478. The lowest BCUT2D eigenvalue weighted by Crippen LogP contribution is -2.25. The molecule has 0 fully saturated rings. The van der Waals surface area contributed by atoms with Gasteiger partial charge in [0.05, 0.1) is 23.3 Å². The number of nitrogens with one attached hydrogen (secondary N) is 3. The molecular weight excluding hydrogens is 485 g/mol. The minimum Gasteiger partial charge on any atom is -0.344 e. The highest BCUT2D eigenvalue weighted by Crippen LogP contribution is 2.35. The molecule has 0 saturated carbocycles. The van der Waals surface area contributed by atoms with E-state index in [1.54, 1.807) is 12.1 Å². The van der Waals surface area contributed by atoms with Gasteiger partial charge in [-0.3, -0.25) is 9.59 Å². The highest BCUT2D eigenvalue weighted by molar-refractivity contribution is 7.13.